The largest absolute Gasteiger partial charge is 0.395 e. The molecule has 0 fully saturated rings. The molecule has 2 aromatic heterocycles. The van der Waals surface area contributed by atoms with E-state index in [0.717, 1.165) is 16.2 Å². The standard InChI is InChI=1S/C16H17N5O2S/c1-11(23)18-15-10-21-16(19-15)6-5-14(20-21)12-3-2-4-13(9-12)24-17-7-8-22/h2-6,9-10,17,22H,7-8H2,1H3,(H,18,23). The molecule has 0 spiro atoms. The summed E-state index contributed by atoms with van der Waals surface area (Å²) < 4.78 is 4.72. The van der Waals surface area contributed by atoms with Gasteiger partial charge in [0.05, 0.1) is 18.5 Å². The highest BCUT2D eigenvalue weighted by atomic mass is 32.2. The molecule has 3 N–H and O–H groups in total. The average Bonchev–Trinajstić information content (AvgIpc) is 2.96. The average molecular weight is 343 g/mol. The van der Waals surface area contributed by atoms with Crippen LogP contribution in [0.5, 0.6) is 0 Å². The van der Waals surface area contributed by atoms with Crippen molar-refractivity contribution in [3.8, 4) is 11.3 Å². The molecule has 0 saturated heterocycles. The topological polar surface area (TPSA) is 91.6 Å². The summed E-state index contributed by atoms with van der Waals surface area (Å²) in [6.45, 7) is 2.07. The molecular formula is C16H17N5O2S. The molecule has 0 bridgehead atoms. The van der Waals surface area contributed by atoms with Gasteiger partial charge in [-0.1, -0.05) is 12.1 Å². The predicted molar refractivity (Wildman–Crippen MR) is 93.7 cm³/mol. The third kappa shape index (κ3) is 3.91. The number of nitrogens with zero attached hydrogens (tertiary/aromatic N) is 3. The number of nitrogens with one attached hydrogen (secondary N) is 2. The van der Waals surface area contributed by atoms with Crippen LogP contribution in [0.15, 0.2) is 47.5 Å². The lowest BCUT2D eigenvalue weighted by Gasteiger charge is -2.05. The number of amides is 1. The van der Waals surface area contributed by atoms with Crippen molar-refractivity contribution in [2.24, 2.45) is 0 Å². The molecule has 1 aromatic carbocycles. The van der Waals surface area contributed by atoms with E-state index in [1.165, 1.54) is 18.9 Å². The first kappa shape index (κ1) is 16.4. The maximum atomic E-state index is 11.1. The van der Waals surface area contributed by atoms with Gasteiger partial charge in [-0.25, -0.2) is 9.50 Å². The van der Waals surface area contributed by atoms with Crippen LogP contribution < -0.4 is 10.0 Å². The number of anilines is 1. The lowest BCUT2D eigenvalue weighted by molar-refractivity contribution is -0.114. The second-order valence-electron chi connectivity index (χ2n) is 5.08. The van der Waals surface area contributed by atoms with Crippen molar-refractivity contribution in [1.29, 1.82) is 0 Å². The molecule has 2 heterocycles. The van der Waals surface area contributed by atoms with Crippen LogP contribution in [0.1, 0.15) is 6.92 Å². The summed E-state index contributed by atoms with van der Waals surface area (Å²) in [4.78, 5) is 16.4. The number of rotatable bonds is 6. The normalized spacial score (nSPS) is 10.9. The van der Waals surface area contributed by atoms with Crippen LogP contribution in [0.2, 0.25) is 0 Å². The summed E-state index contributed by atoms with van der Waals surface area (Å²) in [7, 11) is 0. The number of carbonyl (C=O) groups excluding carboxylic acids is 1. The lowest BCUT2D eigenvalue weighted by Crippen LogP contribution is -2.08. The zero-order chi connectivity index (χ0) is 16.9. The highest BCUT2D eigenvalue weighted by molar-refractivity contribution is 7.97. The van der Waals surface area contributed by atoms with Crippen molar-refractivity contribution in [2.45, 2.75) is 11.8 Å². The lowest BCUT2D eigenvalue weighted by atomic mass is 10.1. The van der Waals surface area contributed by atoms with E-state index in [2.05, 4.69) is 20.1 Å². The van der Waals surface area contributed by atoms with Crippen molar-refractivity contribution >= 4 is 29.3 Å². The van der Waals surface area contributed by atoms with Crippen molar-refractivity contribution in [1.82, 2.24) is 19.3 Å². The first-order valence-electron chi connectivity index (χ1n) is 7.41. The molecule has 8 heteroatoms. The molecule has 7 nitrogen and oxygen atoms in total. The summed E-state index contributed by atoms with van der Waals surface area (Å²) >= 11 is 1.46. The van der Waals surface area contributed by atoms with Crippen LogP contribution in [0.3, 0.4) is 0 Å². The Hall–Kier alpha value is -2.42. The van der Waals surface area contributed by atoms with Crippen LogP contribution >= 0.6 is 11.9 Å². The SMILES string of the molecule is CC(=O)Nc1cn2nc(-c3cccc(SNCCO)c3)ccc2n1. The highest BCUT2D eigenvalue weighted by Crippen LogP contribution is 2.23. The van der Waals surface area contributed by atoms with Crippen LogP contribution in [0.25, 0.3) is 16.9 Å². The fraction of sp³-hybridized carbons (Fsp3) is 0.188. The molecular weight excluding hydrogens is 326 g/mol. The van der Waals surface area contributed by atoms with Gasteiger partial charge in [0.2, 0.25) is 5.91 Å². The maximum Gasteiger partial charge on any atom is 0.222 e. The van der Waals surface area contributed by atoms with Gasteiger partial charge in [0.15, 0.2) is 11.5 Å². The highest BCUT2D eigenvalue weighted by Gasteiger charge is 2.07. The minimum Gasteiger partial charge on any atom is -0.395 e. The molecule has 0 unspecified atom stereocenters. The number of aromatic nitrogens is 3. The van der Waals surface area contributed by atoms with Crippen LogP contribution in [-0.4, -0.2) is 38.8 Å². The van der Waals surface area contributed by atoms with E-state index in [1.807, 2.05) is 36.4 Å². The first-order valence-corrected chi connectivity index (χ1v) is 8.22. The van der Waals surface area contributed by atoms with Crippen LogP contribution in [0, 0.1) is 0 Å². The van der Waals surface area contributed by atoms with Gasteiger partial charge in [-0.15, -0.1) is 0 Å². The fourth-order valence-corrected chi connectivity index (χ4v) is 2.87. The zero-order valence-electron chi connectivity index (χ0n) is 13.1. The number of fused-ring (bicyclic) bond motifs is 1. The molecule has 0 aliphatic heterocycles. The van der Waals surface area contributed by atoms with E-state index in [0.29, 0.717) is 18.0 Å². The van der Waals surface area contributed by atoms with Gasteiger partial charge in [0.1, 0.15) is 0 Å². The smallest absolute Gasteiger partial charge is 0.222 e. The summed E-state index contributed by atoms with van der Waals surface area (Å²) in [5, 5.41) is 16.0. The van der Waals surface area contributed by atoms with Gasteiger partial charge >= 0.3 is 0 Å². The Bertz CT molecular complexity index is 865. The molecule has 0 saturated carbocycles. The van der Waals surface area contributed by atoms with E-state index in [9.17, 15) is 4.79 Å². The quantitative estimate of drug-likeness (QED) is 0.468. The number of aliphatic hydroxyl groups excluding tert-OH is 1. The maximum absolute atomic E-state index is 11.1. The van der Waals surface area contributed by atoms with Crippen LogP contribution in [0.4, 0.5) is 5.82 Å². The Labute approximate surface area is 143 Å². The molecule has 0 atom stereocenters. The number of benzene rings is 1. The molecule has 0 aliphatic carbocycles. The number of hydrogen-bond donors (Lipinski definition) is 3. The Morgan fingerprint density at radius 1 is 1.33 bits per heavy atom. The van der Waals surface area contributed by atoms with Gasteiger partial charge in [0.25, 0.3) is 0 Å². The van der Waals surface area contributed by atoms with Crippen molar-refractivity contribution in [2.75, 3.05) is 18.5 Å². The fourth-order valence-electron chi connectivity index (χ4n) is 2.18. The van der Waals surface area contributed by atoms with Gasteiger partial charge < -0.3 is 10.4 Å². The second-order valence-corrected chi connectivity index (χ2v) is 6.04. The molecule has 0 aliphatic rings. The number of carbonyl (C=O) groups is 1. The van der Waals surface area contributed by atoms with Crippen molar-refractivity contribution in [3.63, 3.8) is 0 Å². The summed E-state index contributed by atoms with van der Waals surface area (Å²) in [5.74, 6) is 0.309. The number of imidazole rings is 1. The third-order valence-electron chi connectivity index (χ3n) is 3.16. The first-order chi connectivity index (χ1) is 11.7. The molecule has 0 radical (unpaired) electrons. The monoisotopic (exact) mass is 343 g/mol. The second kappa shape index (κ2) is 7.43. The molecule has 1 amide bonds. The molecule has 3 aromatic rings. The van der Waals surface area contributed by atoms with E-state index in [4.69, 9.17) is 5.11 Å². The Kier molecular flexibility index (Phi) is 5.09. The Morgan fingerprint density at radius 3 is 3.00 bits per heavy atom. The van der Waals surface area contributed by atoms with E-state index in [-0.39, 0.29) is 12.5 Å². The molecule has 124 valence electrons. The minimum atomic E-state index is -0.168. The van der Waals surface area contributed by atoms with Crippen molar-refractivity contribution in [3.05, 3.63) is 42.6 Å². The third-order valence-corrected chi connectivity index (χ3v) is 4.00. The van der Waals surface area contributed by atoms with Gasteiger partial charge in [-0.05, 0) is 36.2 Å². The van der Waals surface area contributed by atoms with E-state index in [1.54, 1.807) is 10.7 Å². The van der Waals surface area contributed by atoms with Gasteiger partial charge in [-0.3, -0.25) is 9.52 Å². The predicted octanol–water partition coefficient (Wildman–Crippen LogP) is 1.94. The minimum absolute atomic E-state index is 0.0994. The van der Waals surface area contributed by atoms with Crippen molar-refractivity contribution < 1.29 is 9.90 Å². The summed E-state index contributed by atoms with van der Waals surface area (Å²) in [6, 6.07) is 11.7. The summed E-state index contributed by atoms with van der Waals surface area (Å²) in [6.07, 6.45) is 1.68. The Morgan fingerprint density at radius 2 is 2.21 bits per heavy atom. The van der Waals surface area contributed by atoms with Crippen LogP contribution in [-0.2, 0) is 4.79 Å². The van der Waals surface area contributed by atoms with E-state index < -0.39 is 0 Å². The summed E-state index contributed by atoms with van der Waals surface area (Å²) in [5.41, 5.74) is 2.44. The number of hydrogen-bond acceptors (Lipinski definition) is 6. The zero-order valence-corrected chi connectivity index (χ0v) is 13.9. The van der Waals surface area contributed by atoms with E-state index >= 15 is 0 Å². The molecule has 3 rings (SSSR count). The van der Waals surface area contributed by atoms with Gasteiger partial charge in [-0.2, -0.15) is 5.10 Å². The number of aliphatic hydroxyl groups is 1. The Balaban J connectivity index is 1.86. The molecule has 24 heavy (non-hydrogen) atoms. The van der Waals surface area contributed by atoms with Gasteiger partial charge in [0, 0.05) is 23.9 Å².